The van der Waals surface area contributed by atoms with Crippen LogP contribution in [0, 0.1) is 23.7 Å². The van der Waals surface area contributed by atoms with Gasteiger partial charge < -0.3 is 18.9 Å². The molecule has 4 unspecified atom stereocenters. The first kappa shape index (κ1) is 67.1. The molecule has 10 rings (SSSR count). The number of unbranched alkanes of at least 4 members (excludes halogenated alkanes) is 4. The number of fused-ring (bicyclic) bond motifs is 2. The molecule has 486 valence electrons. The minimum Gasteiger partial charge on any atom is -0.462 e. The van der Waals surface area contributed by atoms with E-state index in [0.717, 1.165) is 169 Å². The molecular weight excluding hydrogens is 1160 g/mol. The molecule has 0 saturated carbocycles. The Balaban J connectivity index is 1.16. The van der Waals surface area contributed by atoms with Gasteiger partial charge in [-0.25, -0.2) is 44.0 Å². The Labute approximate surface area is 549 Å². The highest BCUT2D eigenvalue weighted by Crippen LogP contribution is 2.39. The lowest BCUT2D eigenvalue weighted by Gasteiger charge is -2.24. The van der Waals surface area contributed by atoms with Crippen LogP contribution in [0.2, 0.25) is 0 Å². The summed E-state index contributed by atoms with van der Waals surface area (Å²) in [4.78, 5) is 66.2. The Morgan fingerprint density at radius 3 is 0.903 bits per heavy atom. The summed E-state index contributed by atoms with van der Waals surface area (Å²) in [5.41, 5.74) is 16.4. The van der Waals surface area contributed by atoms with Crippen LogP contribution in [0.3, 0.4) is 0 Å². The molecule has 0 aliphatic carbocycles. The second-order valence-corrected chi connectivity index (χ2v) is 25.3. The van der Waals surface area contributed by atoms with Gasteiger partial charge in [-0.05, 0) is 169 Å². The second-order valence-electron chi connectivity index (χ2n) is 25.3. The molecule has 0 spiro atoms. The van der Waals surface area contributed by atoms with Crippen molar-refractivity contribution in [2.24, 2.45) is 33.7 Å². The number of hydrogen-bond acceptors (Lipinski definition) is 11. The lowest BCUT2D eigenvalue weighted by atomic mass is 9.98. The van der Waals surface area contributed by atoms with Gasteiger partial charge in [0.2, 0.25) is 0 Å². The molecule has 4 aromatic carbocycles. The molecule has 0 radical (unpaired) electrons. The number of aromatic nitrogens is 2. The molecule has 4 aliphatic rings. The summed E-state index contributed by atoms with van der Waals surface area (Å²) in [6, 6.07) is 38.6. The van der Waals surface area contributed by atoms with Crippen molar-refractivity contribution in [1.82, 2.24) is 9.35 Å². The number of allylic oxidation sites excluding steroid dienone is 4. The fraction of sp³-hybridized carbons (Fsp3) is 0.400. The minimum atomic E-state index is -0.368. The lowest BCUT2D eigenvalue weighted by Crippen LogP contribution is -2.42. The van der Waals surface area contributed by atoms with Crippen LogP contribution in [0.1, 0.15) is 233 Å². The van der Waals surface area contributed by atoms with Crippen molar-refractivity contribution < 1.29 is 38.1 Å². The average Bonchev–Trinajstić information content (AvgIpc) is 1.60. The van der Waals surface area contributed by atoms with Crippen LogP contribution >= 0.6 is 0 Å². The van der Waals surface area contributed by atoms with Gasteiger partial charge in [-0.1, -0.05) is 181 Å². The topological polar surface area (TPSA) is 152 Å². The van der Waals surface area contributed by atoms with Crippen molar-refractivity contribution in [3.63, 3.8) is 0 Å². The zero-order valence-corrected chi connectivity index (χ0v) is 55.9. The minimum absolute atomic E-state index is 0.295. The van der Waals surface area contributed by atoms with Gasteiger partial charge in [-0.15, -0.1) is 0 Å². The third-order valence-corrected chi connectivity index (χ3v) is 18.9. The fourth-order valence-electron chi connectivity index (χ4n) is 12.8. The Bertz CT molecular complexity index is 3710. The van der Waals surface area contributed by atoms with Gasteiger partial charge in [0.15, 0.2) is 0 Å². The normalized spacial score (nSPS) is 15.1. The largest absolute Gasteiger partial charge is 0.462 e. The smallest absolute Gasteiger partial charge is 0.338 e. The number of carbonyl (C=O) groups excluding carboxylic acids is 4. The van der Waals surface area contributed by atoms with Crippen molar-refractivity contribution in [3.05, 3.63) is 224 Å². The molecule has 2 aromatic heterocycles. The molecule has 0 amide bonds. The summed E-state index contributed by atoms with van der Waals surface area (Å²) in [5.74, 6) is -0.289. The van der Waals surface area contributed by atoms with E-state index in [0.29, 0.717) is 95.2 Å². The van der Waals surface area contributed by atoms with Crippen LogP contribution < -0.4 is 16.2 Å². The first-order chi connectivity index (χ1) is 45.4. The molecule has 6 aromatic rings. The Kier molecular flexibility index (Phi) is 23.2. The number of benzene rings is 4. The van der Waals surface area contributed by atoms with Gasteiger partial charge >= 0.3 is 23.9 Å². The monoisotopic (exact) mass is 1250 g/mol. The summed E-state index contributed by atoms with van der Waals surface area (Å²) in [5, 5.41) is 1.51. The van der Waals surface area contributed by atoms with Gasteiger partial charge in [0, 0.05) is 22.3 Å². The van der Waals surface area contributed by atoms with Crippen LogP contribution in [0.15, 0.2) is 167 Å². The predicted octanol–water partition coefficient (Wildman–Crippen LogP) is 16.8. The number of ether oxygens (including phenoxy) is 4. The number of aliphatic imine (C=N–C) groups is 2. The molecule has 4 atom stereocenters. The molecule has 13 nitrogen and oxygen atoms in total. The first-order valence-corrected chi connectivity index (χ1v) is 34.5. The van der Waals surface area contributed by atoms with Crippen LogP contribution in [-0.2, 0) is 18.9 Å². The van der Waals surface area contributed by atoms with Crippen molar-refractivity contribution >= 4 is 57.6 Å². The van der Waals surface area contributed by atoms with Gasteiger partial charge in [-0.3, -0.25) is 0 Å². The van der Waals surface area contributed by atoms with E-state index in [-0.39, 0.29) is 23.9 Å². The third-order valence-electron chi connectivity index (χ3n) is 18.9. The molecular formula is C80H93N5O8. The Morgan fingerprint density at radius 1 is 0.355 bits per heavy atom. The van der Waals surface area contributed by atoms with E-state index in [1.165, 1.54) is 0 Å². The molecule has 93 heavy (non-hydrogen) atoms. The predicted molar refractivity (Wildman–Crippen MR) is 373 cm³/mol. The van der Waals surface area contributed by atoms with E-state index in [1.807, 2.05) is 121 Å². The number of hydrogen-bond donors (Lipinski definition) is 1. The fourth-order valence-corrected chi connectivity index (χ4v) is 12.8. The second kappa shape index (κ2) is 32.1. The maximum atomic E-state index is 13.8. The zero-order chi connectivity index (χ0) is 65.4. The summed E-state index contributed by atoms with van der Waals surface area (Å²) < 4.78 is 28.0. The van der Waals surface area contributed by atoms with Crippen molar-refractivity contribution in [1.29, 1.82) is 0 Å². The standard InChI is InChI=1S/C80H93N5O8/c1-9-17-21-53(13-5)49-90-77(86)61-33-25-57(26-34-61)73-65-41-42-66(81-65)74(58-27-35-62(36-28-58)78(87)91-50-54(14-6)22-18-10-2)71-47-48-72-76(60-31-39-64(40-32-60)80(89)93-52-56(16-8)24-20-12-4)68-44-43-67(82-68)75(70-46-45-69(73)84(70)83-85(71)72)59-29-37-63(38-30-59)79(88)92-51-55(15-7)23-19-11-3/h25-48,53-56,83H,9-24,49-52H2,1-8H3. The number of carbonyl (C=O) groups is 4. The highest BCUT2D eigenvalue weighted by atomic mass is 16.5. The average molecular weight is 1250 g/mol. The van der Waals surface area contributed by atoms with Gasteiger partial charge in [0.25, 0.3) is 0 Å². The molecule has 0 saturated heterocycles. The van der Waals surface area contributed by atoms with Crippen molar-refractivity contribution in [3.8, 4) is 0 Å². The van der Waals surface area contributed by atoms with E-state index in [2.05, 4.69) is 94.5 Å². The van der Waals surface area contributed by atoms with Gasteiger partial charge in [-0.2, -0.15) is 0 Å². The highest BCUT2D eigenvalue weighted by molar-refractivity contribution is 6.32. The maximum Gasteiger partial charge on any atom is 0.338 e. The van der Waals surface area contributed by atoms with E-state index in [1.54, 1.807) is 0 Å². The third kappa shape index (κ3) is 15.6. The summed E-state index contributed by atoms with van der Waals surface area (Å²) in [7, 11) is 0. The number of nitrogens with one attached hydrogen (secondary N) is 1. The maximum absolute atomic E-state index is 13.8. The molecule has 6 heterocycles. The summed E-state index contributed by atoms with van der Waals surface area (Å²) in [6.45, 7) is 18.7. The number of nitrogens with zero attached hydrogens (tertiary/aromatic N) is 4. The van der Waals surface area contributed by atoms with Crippen molar-refractivity contribution in [2.75, 3.05) is 32.0 Å². The summed E-state index contributed by atoms with van der Waals surface area (Å²) >= 11 is 0. The van der Waals surface area contributed by atoms with E-state index in [4.69, 9.17) is 28.9 Å². The lowest BCUT2D eigenvalue weighted by molar-refractivity contribution is 0.0419. The van der Waals surface area contributed by atoms with Crippen molar-refractivity contribution in [2.45, 2.75) is 158 Å². The van der Waals surface area contributed by atoms with Crippen LogP contribution in [-0.4, -0.2) is 71.1 Å². The van der Waals surface area contributed by atoms with Gasteiger partial charge in [0.05, 0.1) is 93.6 Å². The van der Waals surface area contributed by atoms with Gasteiger partial charge in [0.1, 0.15) is 0 Å². The summed E-state index contributed by atoms with van der Waals surface area (Å²) in [6.07, 6.45) is 24.6. The molecule has 4 aliphatic heterocycles. The quantitative estimate of drug-likeness (QED) is 0.0321. The van der Waals surface area contributed by atoms with E-state index < -0.39 is 0 Å². The molecule has 13 heteroatoms. The number of esters is 4. The van der Waals surface area contributed by atoms with E-state index in [9.17, 15) is 19.2 Å². The molecule has 6 bridgehead atoms. The van der Waals surface area contributed by atoms with Crippen LogP contribution in [0.25, 0.3) is 22.3 Å². The molecule has 0 fully saturated rings. The highest BCUT2D eigenvalue weighted by Gasteiger charge is 2.30. The SMILES string of the molecule is CCCCC(CC)COC(=O)c1ccc(C2=C3C=CC(=N3)C(c3ccc(C(=O)OCC(CC)CCCC)cc3)=c3ccc4n3Nn3c2ccc3C(c2ccc(C(=O)OCC(CC)CCCC)cc2)=C2C=CC(=N2)C=4c2ccc(C(=O)OCC(CC)CCCC)cc2)cc1. The molecule has 1 N–H and O–H groups in total. The number of rotatable bonds is 32. The van der Waals surface area contributed by atoms with E-state index >= 15 is 0 Å². The first-order valence-electron chi connectivity index (χ1n) is 34.5. The van der Waals surface area contributed by atoms with Crippen LogP contribution in [0.5, 0.6) is 0 Å². The zero-order valence-electron chi connectivity index (χ0n) is 55.9. The Hall–Kier alpha value is -8.84. The van der Waals surface area contributed by atoms with Crippen LogP contribution in [0.4, 0.5) is 0 Å². The Morgan fingerprint density at radius 2 is 0.634 bits per heavy atom.